The molecular weight excluding hydrogens is 196 g/mol. The summed E-state index contributed by atoms with van der Waals surface area (Å²) in [4.78, 5) is 0. The third kappa shape index (κ3) is 2.10. The lowest BCUT2D eigenvalue weighted by atomic mass is 9.92. The van der Waals surface area contributed by atoms with Crippen LogP contribution in [0.25, 0.3) is 0 Å². The smallest absolute Gasteiger partial charge is 0.0994 e. The first-order valence-corrected chi connectivity index (χ1v) is 5.97. The number of aryl methyl sites for hydroxylation is 1. The molecule has 0 amide bonds. The largest absolute Gasteiger partial charge is 0.310 e. The number of hydrogen-bond acceptors (Lipinski definition) is 2. The van der Waals surface area contributed by atoms with Crippen LogP contribution in [0, 0.1) is 25.2 Å². The molecule has 2 rings (SSSR count). The second-order valence-corrected chi connectivity index (χ2v) is 4.62. The summed E-state index contributed by atoms with van der Waals surface area (Å²) in [6.45, 7) is 5.20. The summed E-state index contributed by atoms with van der Waals surface area (Å²) in [5.41, 5.74) is 4.44. The maximum absolute atomic E-state index is 9.10. The summed E-state index contributed by atoms with van der Waals surface area (Å²) in [6, 6.07) is 7.00. The fourth-order valence-electron chi connectivity index (χ4n) is 2.34. The highest BCUT2D eigenvalue weighted by Crippen LogP contribution is 2.26. The normalized spacial score (nSPS) is 20.4. The van der Waals surface area contributed by atoms with Gasteiger partial charge in [0.25, 0.3) is 0 Å². The van der Waals surface area contributed by atoms with E-state index in [-0.39, 0.29) is 0 Å². The molecule has 1 atom stereocenters. The Morgan fingerprint density at radius 2 is 2.12 bits per heavy atom. The van der Waals surface area contributed by atoms with E-state index in [4.69, 9.17) is 5.26 Å². The van der Waals surface area contributed by atoms with Crippen LogP contribution in [0.3, 0.4) is 0 Å². The summed E-state index contributed by atoms with van der Waals surface area (Å²) in [6.07, 6.45) is 3.74. The molecule has 84 valence electrons. The third-order valence-electron chi connectivity index (χ3n) is 3.52. The Morgan fingerprint density at radius 3 is 2.75 bits per heavy atom. The minimum Gasteiger partial charge on any atom is -0.310 e. The van der Waals surface area contributed by atoms with Crippen LogP contribution in [-0.4, -0.2) is 6.54 Å². The maximum atomic E-state index is 9.10. The average Bonchev–Trinajstić information content (AvgIpc) is 2.33. The highest BCUT2D eigenvalue weighted by atomic mass is 14.9. The predicted molar refractivity (Wildman–Crippen MR) is 65.2 cm³/mol. The van der Waals surface area contributed by atoms with Gasteiger partial charge in [-0.15, -0.1) is 0 Å². The SMILES string of the molecule is Cc1cc(C2CCCCN2)cc(C#N)c1C. The minimum absolute atomic E-state index is 0.445. The van der Waals surface area contributed by atoms with Crippen LogP contribution in [0.5, 0.6) is 0 Å². The van der Waals surface area contributed by atoms with Crippen LogP contribution in [0.15, 0.2) is 12.1 Å². The van der Waals surface area contributed by atoms with Crippen molar-refractivity contribution in [2.24, 2.45) is 0 Å². The molecule has 1 saturated heterocycles. The van der Waals surface area contributed by atoms with E-state index in [1.807, 2.05) is 13.0 Å². The Balaban J connectivity index is 2.34. The Labute approximate surface area is 97.3 Å². The zero-order chi connectivity index (χ0) is 11.5. The molecule has 0 aliphatic carbocycles. The average molecular weight is 214 g/mol. The molecule has 1 aliphatic heterocycles. The molecule has 1 fully saturated rings. The van der Waals surface area contributed by atoms with Crippen LogP contribution < -0.4 is 5.32 Å². The summed E-state index contributed by atoms with van der Waals surface area (Å²) in [7, 11) is 0. The minimum atomic E-state index is 0.445. The molecule has 16 heavy (non-hydrogen) atoms. The highest BCUT2D eigenvalue weighted by Gasteiger charge is 2.16. The first-order chi connectivity index (χ1) is 7.72. The van der Waals surface area contributed by atoms with E-state index < -0.39 is 0 Å². The molecule has 0 saturated carbocycles. The number of hydrogen-bond donors (Lipinski definition) is 1. The molecule has 2 nitrogen and oxygen atoms in total. The number of benzene rings is 1. The van der Waals surface area contributed by atoms with Crippen LogP contribution in [-0.2, 0) is 0 Å². The molecule has 1 aromatic carbocycles. The molecule has 0 bridgehead atoms. The van der Waals surface area contributed by atoms with E-state index in [1.165, 1.54) is 30.4 Å². The van der Waals surface area contributed by atoms with Crippen molar-refractivity contribution in [2.75, 3.05) is 6.54 Å². The quantitative estimate of drug-likeness (QED) is 0.780. The van der Waals surface area contributed by atoms with Gasteiger partial charge >= 0.3 is 0 Å². The van der Waals surface area contributed by atoms with Gasteiger partial charge in [0.1, 0.15) is 0 Å². The molecule has 1 N–H and O–H groups in total. The number of piperidine rings is 1. The number of nitrogens with one attached hydrogen (secondary N) is 1. The number of rotatable bonds is 1. The van der Waals surface area contributed by atoms with Gasteiger partial charge in [-0.3, -0.25) is 0 Å². The van der Waals surface area contributed by atoms with E-state index in [0.717, 1.165) is 17.7 Å². The molecular formula is C14H18N2. The van der Waals surface area contributed by atoms with E-state index >= 15 is 0 Å². The first-order valence-electron chi connectivity index (χ1n) is 5.97. The van der Waals surface area contributed by atoms with Crippen LogP contribution in [0.4, 0.5) is 0 Å². The van der Waals surface area contributed by atoms with Crippen molar-refractivity contribution in [3.8, 4) is 6.07 Å². The summed E-state index contributed by atoms with van der Waals surface area (Å²) < 4.78 is 0. The molecule has 0 spiro atoms. The Hall–Kier alpha value is -1.33. The van der Waals surface area contributed by atoms with Crippen molar-refractivity contribution in [2.45, 2.75) is 39.2 Å². The van der Waals surface area contributed by atoms with Crippen molar-refractivity contribution in [1.82, 2.24) is 5.32 Å². The van der Waals surface area contributed by atoms with Crippen LogP contribution in [0.2, 0.25) is 0 Å². The van der Waals surface area contributed by atoms with Crippen LogP contribution in [0.1, 0.15) is 47.6 Å². The summed E-state index contributed by atoms with van der Waals surface area (Å²) in [5, 5.41) is 12.6. The van der Waals surface area contributed by atoms with Gasteiger partial charge in [-0.25, -0.2) is 0 Å². The fraction of sp³-hybridized carbons (Fsp3) is 0.500. The highest BCUT2D eigenvalue weighted by molar-refractivity contribution is 5.45. The lowest BCUT2D eigenvalue weighted by Gasteiger charge is -2.24. The van der Waals surface area contributed by atoms with E-state index in [2.05, 4.69) is 24.4 Å². The molecule has 1 unspecified atom stereocenters. The van der Waals surface area contributed by atoms with Gasteiger partial charge in [-0.2, -0.15) is 5.26 Å². The number of nitrogens with zero attached hydrogens (tertiary/aromatic N) is 1. The van der Waals surface area contributed by atoms with Gasteiger partial charge in [-0.05, 0) is 56.0 Å². The first kappa shape index (κ1) is 11.2. The van der Waals surface area contributed by atoms with Crippen molar-refractivity contribution >= 4 is 0 Å². The van der Waals surface area contributed by atoms with Gasteiger partial charge in [-0.1, -0.05) is 12.5 Å². The van der Waals surface area contributed by atoms with Gasteiger partial charge < -0.3 is 5.32 Å². The Kier molecular flexibility index (Phi) is 3.26. The molecule has 0 radical (unpaired) electrons. The van der Waals surface area contributed by atoms with Crippen molar-refractivity contribution in [1.29, 1.82) is 5.26 Å². The standard InChI is InChI=1S/C14H18N2/c1-10-7-12(8-13(9-15)11(10)2)14-5-3-4-6-16-14/h7-8,14,16H,3-6H2,1-2H3. The lowest BCUT2D eigenvalue weighted by molar-refractivity contribution is 0.412. The Bertz CT molecular complexity index is 423. The summed E-state index contributed by atoms with van der Waals surface area (Å²) in [5.74, 6) is 0. The predicted octanol–water partition coefficient (Wildman–Crippen LogP) is 2.99. The van der Waals surface area contributed by atoms with Crippen molar-refractivity contribution in [3.63, 3.8) is 0 Å². The third-order valence-corrected chi connectivity index (χ3v) is 3.52. The van der Waals surface area contributed by atoms with E-state index in [1.54, 1.807) is 0 Å². The lowest BCUT2D eigenvalue weighted by Crippen LogP contribution is -2.26. The maximum Gasteiger partial charge on any atom is 0.0994 e. The van der Waals surface area contributed by atoms with E-state index in [9.17, 15) is 0 Å². The van der Waals surface area contributed by atoms with Gasteiger partial charge in [0, 0.05) is 6.04 Å². The van der Waals surface area contributed by atoms with Gasteiger partial charge in [0.15, 0.2) is 0 Å². The fourth-order valence-corrected chi connectivity index (χ4v) is 2.34. The van der Waals surface area contributed by atoms with E-state index in [0.29, 0.717) is 6.04 Å². The van der Waals surface area contributed by atoms with Crippen molar-refractivity contribution < 1.29 is 0 Å². The van der Waals surface area contributed by atoms with Crippen molar-refractivity contribution in [3.05, 3.63) is 34.4 Å². The topological polar surface area (TPSA) is 35.8 Å². The van der Waals surface area contributed by atoms with Gasteiger partial charge in [0.2, 0.25) is 0 Å². The number of nitriles is 1. The zero-order valence-electron chi connectivity index (χ0n) is 10.0. The molecule has 1 heterocycles. The molecule has 1 aromatic rings. The Morgan fingerprint density at radius 1 is 1.31 bits per heavy atom. The zero-order valence-corrected chi connectivity index (χ0v) is 10.0. The second-order valence-electron chi connectivity index (χ2n) is 4.62. The molecule has 1 aliphatic rings. The summed E-state index contributed by atoms with van der Waals surface area (Å²) >= 11 is 0. The van der Waals surface area contributed by atoms with Crippen LogP contribution >= 0.6 is 0 Å². The second kappa shape index (κ2) is 4.67. The molecule has 2 heteroatoms. The monoisotopic (exact) mass is 214 g/mol. The molecule has 0 aromatic heterocycles. The van der Waals surface area contributed by atoms with Gasteiger partial charge in [0.05, 0.1) is 11.6 Å².